The summed E-state index contributed by atoms with van der Waals surface area (Å²) < 4.78 is 4.12. The van der Waals surface area contributed by atoms with Gasteiger partial charge in [-0.05, 0) is 36.4 Å². The van der Waals surface area contributed by atoms with Crippen LogP contribution in [0.4, 0.5) is 5.69 Å². The van der Waals surface area contributed by atoms with Crippen LogP contribution in [0.5, 0.6) is 0 Å². The number of nitrogens with zero attached hydrogens (tertiary/aromatic N) is 2. The second-order valence-electron chi connectivity index (χ2n) is 5.03. The molecule has 0 saturated heterocycles. The number of benzene rings is 1. The predicted molar refractivity (Wildman–Crippen MR) is 90.0 cm³/mol. The van der Waals surface area contributed by atoms with Crippen molar-refractivity contribution < 1.29 is 4.79 Å². The van der Waals surface area contributed by atoms with E-state index in [0.29, 0.717) is 11.2 Å². The molecule has 0 atom stereocenters. The van der Waals surface area contributed by atoms with Gasteiger partial charge in [0.05, 0.1) is 0 Å². The predicted octanol–water partition coefficient (Wildman–Crippen LogP) is 2.74. The molecule has 0 unspecified atom stereocenters. The Morgan fingerprint density at radius 2 is 1.82 bits per heavy atom. The Morgan fingerprint density at radius 1 is 1.14 bits per heavy atom. The molecule has 0 saturated carbocycles. The maximum atomic E-state index is 12.4. The van der Waals surface area contributed by atoms with Gasteiger partial charge in [0.2, 0.25) is 5.91 Å². The molecule has 0 bridgehead atoms. The monoisotopic (exact) mass is 359 g/mol. The summed E-state index contributed by atoms with van der Waals surface area (Å²) in [6.45, 7) is -0.0178. The number of carbonyl (C=O) groups is 1. The van der Waals surface area contributed by atoms with Crippen LogP contribution in [0.3, 0.4) is 0 Å². The van der Waals surface area contributed by atoms with Gasteiger partial charge in [0.25, 0.3) is 5.56 Å². The second kappa shape index (κ2) is 5.81. The molecule has 112 valence electrons. The molecule has 0 aliphatic heterocycles. The third-order valence-corrected chi connectivity index (χ3v) is 3.97. The number of rotatable bonds is 3. The lowest BCUT2D eigenvalue weighted by molar-refractivity contribution is -0.116. The summed E-state index contributed by atoms with van der Waals surface area (Å²) in [5.41, 5.74) is 1.12. The second-order valence-corrected chi connectivity index (χ2v) is 5.95. The van der Waals surface area contributed by atoms with Gasteiger partial charge in [-0.15, -0.1) is 0 Å². The summed E-state index contributed by atoms with van der Waals surface area (Å²) in [6.07, 6.45) is 3.48. The Hall–Kier alpha value is -2.34. The molecule has 0 spiro atoms. The van der Waals surface area contributed by atoms with E-state index in [1.807, 2.05) is 37.5 Å². The highest BCUT2D eigenvalue weighted by Crippen LogP contribution is 2.14. The summed E-state index contributed by atoms with van der Waals surface area (Å²) >= 11 is 3.34. The van der Waals surface area contributed by atoms with Crippen LogP contribution in [0.15, 0.2) is 58.1 Å². The Balaban J connectivity index is 1.82. The molecule has 1 aromatic carbocycles. The number of fused-ring (bicyclic) bond motifs is 1. The van der Waals surface area contributed by atoms with Crippen molar-refractivity contribution in [2.75, 3.05) is 5.32 Å². The van der Waals surface area contributed by atoms with Gasteiger partial charge in [-0.2, -0.15) is 0 Å². The average molecular weight is 360 g/mol. The summed E-state index contributed by atoms with van der Waals surface area (Å²) in [7, 11) is 1.82. The van der Waals surface area contributed by atoms with Crippen molar-refractivity contribution in [2.24, 2.45) is 7.05 Å². The molecule has 5 nitrogen and oxygen atoms in total. The van der Waals surface area contributed by atoms with Crippen molar-refractivity contribution in [3.05, 3.63) is 63.6 Å². The van der Waals surface area contributed by atoms with Crippen LogP contribution < -0.4 is 10.9 Å². The van der Waals surface area contributed by atoms with E-state index in [1.54, 1.807) is 22.9 Å². The Labute approximate surface area is 135 Å². The van der Waals surface area contributed by atoms with Crippen molar-refractivity contribution in [3.63, 3.8) is 0 Å². The lowest BCUT2D eigenvalue weighted by Crippen LogP contribution is -2.27. The van der Waals surface area contributed by atoms with E-state index in [1.165, 1.54) is 4.57 Å². The van der Waals surface area contributed by atoms with E-state index in [9.17, 15) is 9.59 Å². The number of amides is 1. The smallest absolute Gasteiger partial charge is 0.275 e. The van der Waals surface area contributed by atoms with Gasteiger partial charge in [-0.3, -0.25) is 9.59 Å². The van der Waals surface area contributed by atoms with Crippen molar-refractivity contribution in [1.82, 2.24) is 9.13 Å². The SMILES string of the molecule is Cn1ccc2ccn(CC(=O)Nc3ccc(Br)cc3)c(=O)c21. The lowest BCUT2D eigenvalue weighted by Gasteiger charge is -2.08. The molecule has 3 aromatic rings. The normalized spacial score (nSPS) is 10.8. The van der Waals surface area contributed by atoms with Crippen LogP contribution in [-0.2, 0) is 18.4 Å². The molecule has 2 heterocycles. The van der Waals surface area contributed by atoms with Crippen LogP contribution in [-0.4, -0.2) is 15.0 Å². The van der Waals surface area contributed by atoms with E-state index in [4.69, 9.17) is 0 Å². The number of aromatic nitrogens is 2. The Bertz CT molecular complexity index is 894. The zero-order valence-electron chi connectivity index (χ0n) is 11.9. The van der Waals surface area contributed by atoms with Gasteiger partial charge < -0.3 is 14.5 Å². The van der Waals surface area contributed by atoms with E-state index in [2.05, 4.69) is 21.2 Å². The molecule has 0 fully saturated rings. The molecular formula is C16H14BrN3O2. The number of nitrogens with one attached hydrogen (secondary N) is 1. The van der Waals surface area contributed by atoms with Crippen molar-refractivity contribution in [1.29, 1.82) is 0 Å². The number of aryl methyl sites for hydroxylation is 1. The van der Waals surface area contributed by atoms with Gasteiger partial charge in [0, 0.05) is 35.0 Å². The fraction of sp³-hybridized carbons (Fsp3) is 0.125. The minimum atomic E-state index is -0.238. The first-order valence-corrected chi connectivity index (χ1v) is 7.54. The van der Waals surface area contributed by atoms with Crippen molar-refractivity contribution in [3.8, 4) is 0 Å². The topological polar surface area (TPSA) is 56.0 Å². The molecule has 6 heteroatoms. The first-order chi connectivity index (χ1) is 10.5. The Morgan fingerprint density at radius 3 is 2.55 bits per heavy atom. The zero-order valence-corrected chi connectivity index (χ0v) is 13.5. The average Bonchev–Trinajstić information content (AvgIpc) is 2.87. The molecule has 22 heavy (non-hydrogen) atoms. The number of pyridine rings is 1. The summed E-state index contributed by atoms with van der Waals surface area (Å²) in [6, 6.07) is 11.0. The van der Waals surface area contributed by atoms with E-state index in [-0.39, 0.29) is 18.0 Å². The number of halogens is 1. The summed E-state index contributed by atoms with van der Waals surface area (Å²) in [5.74, 6) is -0.238. The van der Waals surface area contributed by atoms with Crippen LogP contribution in [0.25, 0.3) is 10.9 Å². The molecule has 0 aliphatic rings. The summed E-state index contributed by atoms with van der Waals surface area (Å²) in [5, 5.41) is 3.65. The first-order valence-electron chi connectivity index (χ1n) is 6.74. The molecule has 2 aromatic heterocycles. The highest BCUT2D eigenvalue weighted by atomic mass is 79.9. The molecule has 0 radical (unpaired) electrons. The zero-order chi connectivity index (χ0) is 15.7. The molecule has 1 N–H and O–H groups in total. The van der Waals surface area contributed by atoms with Gasteiger partial charge in [-0.1, -0.05) is 15.9 Å². The number of hydrogen-bond donors (Lipinski definition) is 1. The van der Waals surface area contributed by atoms with Crippen molar-refractivity contribution in [2.45, 2.75) is 6.54 Å². The van der Waals surface area contributed by atoms with Crippen molar-refractivity contribution >= 4 is 38.4 Å². The number of hydrogen-bond acceptors (Lipinski definition) is 2. The van der Waals surface area contributed by atoms with Crippen LogP contribution >= 0.6 is 15.9 Å². The fourth-order valence-electron chi connectivity index (χ4n) is 2.34. The third-order valence-electron chi connectivity index (χ3n) is 3.44. The maximum Gasteiger partial charge on any atom is 0.275 e. The van der Waals surface area contributed by atoms with Crippen LogP contribution in [0, 0.1) is 0 Å². The van der Waals surface area contributed by atoms with Gasteiger partial charge >= 0.3 is 0 Å². The Kier molecular flexibility index (Phi) is 3.85. The molecule has 1 amide bonds. The lowest BCUT2D eigenvalue weighted by atomic mass is 10.3. The number of anilines is 1. The third kappa shape index (κ3) is 2.82. The number of carbonyl (C=O) groups excluding carboxylic acids is 1. The standard InChI is InChI=1S/C16H14BrN3O2/c1-19-8-6-11-7-9-20(16(22)15(11)19)10-14(21)18-13-4-2-12(17)3-5-13/h2-9H,10H2,1H3,(H,18,21). The quantitative estimate of drug-likeness (QED) is 0.781. The maximum absolute atomic E-state index is 12.4. The highest BCUT2D eigenvalue weighted by molar-refractivity contribution is 9.10. The van der Waals surface area contributed by atoms with Crippen LogP contribution in [0.1, 0.15) is 0 Å². The largest absolute Gasteiger partial charge is 0.346 e. The van der Waals surface area contributed by atoms with Gasteiger partial charge in [-0.25, -0.2) is 0 Å². The van der Waals surface area contributed by atoms with Gasteiger partial charge in [0.1, 0.15) is 12.1 Å². The minimum absolute atomic E-state index is 0.0178. The highest BCUT2D eigenvalue weighted by Gasteiger charge is 2.09. The molecule has 0 aliphatic carbocycles. The van der Waals surface area contributed by atoms with E-state index < -0.39 is 0 Å². The van der Waals surface area contributed by atoms with Crippen LogP contribution in [0.2, 0.25) is 0 Å². The fourth-order valence-corrected chi connectivity index (χ4v) is 2.61. The van der Waals surface area contributed by atoms with Gasteiger partial charge in [0.15, 0.2) is 0 Å². The summed E-state index contributed by atoms with van der Waals surface area (Å²) in [4.78, 5) is 24.5. The minimum Gasteiger partial charge on any atom is -0.346 e. The molecule has 3 rings (SSSR count). The molecular weight excluding hydrogens is 346 g/mol. The van der Waals surface area contributed by atoms with E-state index >= 15 is 0 Å². The first kappa shape index (κ1) is 14.6. The van der Waals surface area contributed by atoms with E-state index in [0.717, 1.165) is 9.86 Å².